The van der Waals surface area contributed by atoms with E-state index < -0.39 is 11.2 Å². The summed E-state index contributed by atoms with van der Waals surface area (Å²) in [6.45, 7) is 8.21. The van der Waals surface area contributed by atoms with Gasteiger partial charge in [0.2, 0.25) is 0 Å². The molecule has 1 atom stereocenters. The number of hydrogen-bond acceptors (Lipinski definition) is 4. The van der Waals surface area contributed by atoms with Gasteiger partial charge < -0.3 is 14.7 Å². The highest BCUT2D eigenvalue weighted by atomic mass is 16.5. The maximum atomic E-state index is 10.4. The predicted molar refractivity (Wildman–Crippen MR) is 101 cm³/mol. The Labute approximate surface area is 147 Å². The molecule has 0 bridgehead atoms. The SMILES string of the molecule is CCCC(C)(OC[B]c1cncc(N(C)C2CCC2)c1)C(C)(C)O. The van der Waals surface area contributed by atoms with Crippen molar-refractivity contribution in [1.29, 1.82) is 0 Å². The van der Waals surface area contributed by atoms with Gasteiger partial charge in [0.05, 0.1) is 23.1 Å². The van der Waals surface area contributed by atoms with Crippen LogP contribution < -0.4 is 10.4 Å². The molecule has 1 aliphatic rings. The van der Waals surface area contributed by atoms with Gasteiger partial charge in [0, 0.05) is 25.8 Å². The van der Waals surface area contributed by atoms with E-state index in [2.05, 4.69) is 29.9 Å². The molecule has 133 valence electrons. The van der Waals surface area contributed by atoms with Gasteiger partial charge in [-0.25, -0.2) is 0 Å². The zero-order chi connectivity index (χ0) is 17.8. The molecule has 1 radical (unpaired) electrons. The highest BCUT2D eigenvalue weighted by molar-refractivity contribution is 6.53. The van der Waals surface area contributed by atoms with Crippen molar-refractivity contribution in [2.75, 3.05) is 18.5 Å². The molecular weight excluding hydrogens is 299 g/mol. The van der Waals surface area contributed by atoms with Gasteiger partial charge in [-0.3, -0.25) is 4.98 Å². The Morgan fingerprint density at radius 3 is 2.58 bits per heavy atom. The van der Waals surface area contributed by atoms with Crippen molar-refractivity contribution in [2.24, 2.45) is 0 Å². The molecule has 4 nitrogen and oxygen atoms in total. The number of ether oxygens (including phenoxy) is 1. The van der Waals surface area contributed by atoms with E-state index in [0.29, 0.717) is 12.5 Å². The summed E-state index contributed by atoms with van der Waals surface area (Å²) in [4.78, 5) is 6.69. The average molecular weight is 331 g/mol. The summed E-state index contributed by atoms with van der Waals surface area (Å²) in [7, 11) is 4.19. The second-order valence-corrected chi connectivity index (χ2v) is 7.73. The minimum absolute atomic E-state index is 0.471. The Bertz CT molecular complexity index is 528. The zero-order valence-corrected chi connectivity index (χ0v) is 15.9. The van der Waals surface area contributed by atoms with Gasteiger partial charge in [-0.1, -0.05) is 18.8 Å². The first-order chi connectivity index (χ1) is 11.3. The van der Waals surface area contributed by atoms with E-state index in [0.717, 1.165) is 24.0 Å². The van der Waals surface area contributed by atoms with E-state index in [1.165, 1.54) is 19.3 Å². The van der Waals surface area contributed by atoms with Crippen molar-refractivity contribution in [2.45, 2.75) is 77.0 Å². The molecule has 2 rings (SSSR count). The Kier molecular flexibility index (Phi) is 6.32. The molecule has 0 spiro atoms. The van der Waals surface area contributed by atoms with Gasteiger partial charge in [-0.15, -0.1) is 0 Å². The Balaban J connectivity index is 1.94. The van der Waals surface area contributed by atoms with Crippen LogP contribution in [0.25, 0.3) is 0 Å². The third-order valence-electron chi connectivity index (χ3n) is 5.52. The van der Waals surface area contributed by atoms with Crippen LogP contribution in [0.15, 0.2) is 18.5 Å². The van der Waals surface area contributed by atoms with Crippen LogP contribution in [0.1, 0.15) is 59.8 Å². The summed E-state index contributed by atoms with van der Waals surface area (Å²) in [5.74, 6) is 0. The molecule has 1 fully saturated rings. The number of pyridine rings is 1. The van der Waals surface area contributed by atoms with E-state index in [1.807, 2.05) is 40.4 Å². The number of aromatic nitrogens is 1. The van der Waals surface area contributed by atoms with Gasteiger partial charge >= 0.3 is 0 Å². The number of aliphatic hydroxyl groups is 1. The van der Waals surface area contributed by atoms with Crippen LogP contribution in [0.5, 0.6) is 0 Å². The van der Waals surface area contributed by atoms with Crippen molar-refractivity contribution in [3.8, 4) is 0 Å². The van der Waals surface area contributed by atoms with Crippen molar-refractivity contribution in [1.82, 2.24) is 4.98 Å². The number of nitrogens with zero attached hydrogens (tertiary/aromatic N) is 2. The van der Waals surface area contributed by atoms with Crippen molar-refractivity contribution in [3.05, 3.63) is 18.5 Å². The lowest BCUT2D eigenvalue weighted by atomic mass is 9.71. The van der Waals surface area contributed by atoms with Gasteiger partial charge in [-0.05, 0) is 52.5 Å². The van der Waals surface area contributed by atoms with Gasteiger partial charge in [-0.2, -0.15) is 0 Å². The Hall–Kier alpha value is -1.07. The van der Waals surface area contributed by atoms with Gasteiger partial charge in [0.25, 0.3) is 0 Å². The second kappa shape index (κ2) is 7.88. The van der Waals surface area contributed by atoms with Gasteiger partial charge in [0.1, 0.15) is 0 Å². The largest absolute Gasteiger partial charge is 0.387 e. The molecule has 1 unspecified atom stereocenters. The Morgan fingerprint density at radius 1 is 1.33 bits per heavy atom. The highest BCUT2D eigenvalue weighted by Gasteiger charge is 2.39. The molecule has 0 aliphatic heterocycles. The van der Waals surface area contributed by atoms with E-state index in [9.17, 15) is 5.11 Å². The molecule has 1 heterocycles. The van der Waals surface area contributed by atoms with E-state index in [-0.39, 0.29) is 0 Å². The first kappa shape index (κ1) is 19.3. The number of rotatable bonds is 9. The van der Waals surface area contributed by atoms with Crippen molar-refractivity contribution in [3.63, 3.8) is 0 Å². The van der Waals surface area contributed by atoms with E-state index in [1.54, 1.807) is 0 Å². The fourth-order valence-corrected chi connectivity index (χ4v) is 3.09. The summed E-state index contributed by atoms with van der Waals surface area (Å²) in [5.41, 5.74) is 0.799. The quantitative estimate of drug-likeness (QED) is 0.707. The van der Waals surface area contributed by atoms with Crippen LogP contribution in [-0.4, -0.2) is 48.2 Å². The zero-order valence-electron chi connectivity index (χ0n) is 15.9. The van der Waals surface area contributed by atoms with Crippen LogP contribution >= 0.6 is 0 Å². The lowest BCUT2D eigenvalue weighted by Crippen LogP contribution is -2.50. The smallest absolute Gasteiger partial charge is 0.187 e. The molecule has 0 aromatic carbocycles. The van der Waals surface area contributed by atoms with Crippen LogP contribution in [0.4, 0.5) is 5.69 Å². The molecule has 24 heavy (non-hydrogen) atoms. The predicted octanol–water partition coefficient (Wildman–Crippen LogP) is 2.70. The molecule has 5 heteroatoms. The number of hydrogen-bond donors (Lipinski definition) is 1. The van der Waals surface area contributed by atoms with Crippen molar-refractivity contribution >= 4 is 18.4 Å². The summed E-state index contributed by atoms with van der Waals surface area (Å²) in [6.07, 6.45) is 9.46. The monoisotopic (exact) mass is 331 g/mol. The average Bonchev–Trinajstić information content (AvgIpc) is 2.45. The fourth-order valence-electron chi connectivity index (χ4n) is 3.09. The van der Waals surface area contributed by atoms with Gasteiger partial charge in [0.15, 0.2) is 7.28 Å². The first-order valence-electron chi connectivity index (χ1n) is 9.14. The lowest BCUT2D eigenvalue weighted by Gasteiger charge is -2.40. The molecule has 1 aromatic heterocycles. The molecule has 0 saturated heterocycles. The molecule has 0 amide bonds. The fraction of sp³-hybridized carbons (Fsp3) is 0.737. The van der Waals surface area contributed by atoms with E-state index in [4.69, 9.17) is 4.74 Å². The third kappa shape index (κ3) is 4.51. The third-order valence-corrected chi connectivity index (χ3v) is 5.52. The van der Waals surface area contributed by atoms with Crippen LogP contribution in [-0.2, 0) is 4.74 Å². The Morgan fingerprint density at radius 2 is 2.04 bits per heavy atom. The topological polar surface area (TPSA) is 45.6 Å². The summed E-state index contributed by atoms with van der Waals surface area (Å²) in [6, 6.07) is 2.82. The minimum atomic E-state index is -0.874. The highest BCUT2D eigenvalue weighted by Crippen LogP contribution is 2.30. The maximum absolute atomic E-state index is 10.4. The summed E-state index contributed by atoms with van der Waals surface area (Å²) < 4.78 is 6.07. The van der Waals surface area contributed by atoms with Crippen LogP contribution in [0.3, 0.4) is 0 Å². The standard InChI is InChI=1S/C19H32BN2O2/c1-6-10-19(4,18(2,3)23)24-14-20-15-11-17(13-21-12-15)22(5)16-8-7-9-16/h11-13,16,23H,6-10,14H2,1-5H3. The maximum Gasteiger partial charge on any atom is 0.187 e. The minimum Gasteiger partial charge on any atom is -0.387 e. The summed E-state index contributed by atoms with van der Waals surface area (Å²) >= 11 is 0. The number of anilines is 1. The van der Waals surface area contributed by atoms with Crippen molar-refractivity contribution < 1.29 is 9.84 Å². The lowest BCUT2D eigenvalue weighted by molar-refractivity contribution is -0.151. The van der Waals surface area contributed by atoms with E-state index >= 15 is 0 Å². The molecular formula is C19H32BN2O2. The molecule has 1 N–H and O–H groups in total. The second-order valence-electron chi connectivity index (χ2n) is 7.73. The molecule has 1 aliphatic carbocycles. The first-order valence-corrected chi connectivity index (χ1v) is 9.14. The summed E-state index contributed by atoms with van der Waals surface area (Å²) in [5, 5.41) is 10.4. The normalized spacial score (nSPS) is 17.9. The molecule has 1 aromatic rings. The molecule has 1 saturated carbocycles. The van der Waals surface area contributed by atoms with Crippen LogP contribution in [0.2, 0.25) is 0 Å². The van der Waals surface area contributed by atoms with Crippen LogP contribution in [0, 0.1) is 0 Å².